The third-order valence-electron chi connectivity index (χ3n) is 4.03. The van der Waals surface area contributed by atoms with E-state index in [-0.39, 0.29) is 41.8 Å². The van der Waals surface area contributed by atoms with Gasteiger partial charge in [0.1, 0.15) is 17.9 Å². The van der Waals surface area contributed by atoms with Gasteiger partial charge in [-0.25, -0.2) is 0 Å². The van der Waals surface area contributed by atoms with Crippen LogP contribution in [0.15, 0.2) is 48.7 Å². The number of carboxylic acids is 1. The number of nitrogen functional groups attached to an aromatic ring is 1. The first kappa shape index (κ1) is 20.2. The molecule has 1 aliphatic rings. The summed E-state index contributed by atoms with van der Waals surface area (Å²) in [6, 6.07) is 9.60. The smallest absolute Gasteiger partial charge is 0.548 e. The van der Waals surface area contributed by atoms with Crippen LogP contribution in [0.1, 0.15) is 10.4 Å². The number of carbonyl (C=O) groups is 3. The number of aromatic nitrogens is 1. The van der Waals surface area contributed by atoms with Gasteiger partial charge in [0, 0.05) is 12.6 Å². The standard InChI is InChI=1S/C17H18N4O4.Na/c18-12-7-4-8-21(12)16(23)11(9-10-5-2-1-3-6-10)19-15(22)13-14(20-13)17(24)25;/h1-8,11,13-14,20H,9,18H2,(H,19,22)(H,24,25);/q;+1/p-1/t11-,13-,14-;/m0./s1. The van der Waals surface area contributed by atoms with Gasteiger partial charge in [0.05, 0.1) is 12.0 Å². The van der Waals surface area contributed by atoms with E-state index in [0.717, 1.165) is 5.56 Å². The van der Waals surface area contributed by atoms with Gasteiger partial charge in [-0.2, -0.15) is 0 Å². The van der Waals surface area contributed by atoms with Gasteiger partial charge in [-0.05, 0) is 17.7 Å². The third-order valence-corrected chi connectivity index (χ3v) is 4.03. The molecule has 2 heterocycles. The number of benzene rings is 1. The summed E-state index contributed by atoms with van der Waals surface area (Å²) < 4.78 is 1.25. The van der Waals surface area contributed by atoms with Crippen LogP contribution in [-0.2, 0) is 16.0 Å². The zero-order valence-electron chi connectivity index (χ0n) is 14.2. The Morgan fingerprint density at radius 2 is 1.85 bits per heavy atom. The fourth-order valence-electron chi connectivity index (χ4n) is 2.64. The van der Waals surface area contributed by atoms with Crippen LogP contribution in [0.2, 0.25) is 0 Å². The second-order valence-electron chi connectivity index (χ2n) is 5.83. The molecule has 4 N–H and O–H groups in total. The van der Waals surface area contributed by atoms with Gasteiger partial charge in [-0.3, -0.25) is 19.5 Å². The quantitative estimate of drug-likeness (QED) is 0.349. The molecule has 1 aromatic carbocycles. The van der Waals surface area contributed by atoms with Crippen molar-refractivity contribution in [1.29, 1.82) is 0 Å². The van der Waals surface area contributed by atoms with Crippen LogP contribution in [0.3, 0.4) is 0 Å². The number of nitrogens with zero attached hydrogens (tertiary/aromatic N) is 1. The van der Waals surface area contributed by atoms with E-state index in [1.807, 2.05) is 30.3 Å². The van der Waals surface area contributed by atoms with Crippen molar-refractivity contribution in [3.8, 4) is 0 Å². The molecule has 1 aromatic heterocycles. The maximum Gasteiger partial charge on any atom is 1.00 e. The van der Waals surface area contributed by atoms with Crippen LogP contribution in [0.5, 0.6) is 0 Å². The Balaban J connectivity index is 0.00000243. The van der Waals surface area contributed by atoms with Crippen molar-refractivity contribution in [2.75, 3.05) is 5.73 Å². The molecule has 0 aliphatic carbocycles. The number of nitrogens with two attached hydrogens (primary N) is 1. The van der Waals surface area contributed by atoms with E-state index in [1.165, 1.54) is 10.8 Å². The molecule has 1 fully saturated rings. The van der Waals surface area contributed by atoms with Crippen molar-refractivity contribution < 1.29 is 49.0 Å². The number of hydrogen-bond acceptors (Lipinski definition) is 6. The fraction of sp³-hybridized carbons (Fsp3) is 0.235. The average molecular weight is 364 g/mol. The van der Waals surface area contributed by atoms with Crippen LogP contribution in [0.25, 0.3) is 0 Å². The van der Waals surface area contributed by atoms with Crippen LogP contribution in [0.4, 0.5) is 5.82 Å². The fourth-order valence-corrected chi connectivity index (χ4v) is 2.64. The molecule has 1 amide bonds. The average Bonchev–Trinajstić information content (AvgIpc) is 3.30. The van der Waals surface area contributed by atoms with E-state index in [0.29, 0.717) is 0 Å². The summed E-state index contributed by atoms with van der Waals surface area (Å²) in [5, 5.41) is 15.9. The van der Waals surface area contributed by atoms with E-state index in [2.05, 4.69) is 10.6 Å². The van der Waals surface area contributed by atoms with Crippen molar-refractivity contribution in [1.82, 2.24) is 15.2 Å². The largest absolute Gasteiger partial charge is 1.00 e. The SMILES string of the molecule is Nc1cccn1C(=O)[C@H](Cc1ccccc1)NC(=O)[C@H]1N[C@@H]1C(=O)[O-].[Na+]. The first-order valence-electron chi connectivity index (χ1n) is 7.75. The van der Waals surface area contributed by atoms with E-state index < -0.39 is 35.9 Å². The Bertz CT molecular complexity index is 808. The predicted octanol–water partition coefficient (Wildman–Crippen LogP) is -4.47. The number of aliphatic carboxylic acids is 1. The van der Waals surface area contributed by atoms with Crippen LogP contribution in [-0.4, -0.2) is 40.5 Å². The number of hydrogen-bond donors (Lipinski definition) is 3. The summed E-state index contributed by atoms with van der Waals surface area (Å²) in [5.41, 5.74) is 6.62. The molecular weight excluding hydrogens is 347 g/mol. The van der Waals surface area contributed by atoms with Gasteiger partial charge in [-0.15, -0.1) is 0 Å². The molecule has 2 aromatic rings. The monoisotopic (exact) mass is 364 g/mol. The number of rotatable bonds is 6. The molecule has 0 saturated carbocycles. The van der Waals surface area contributed by atoms with Crippen molar-refractivity contribution in [3.05, 3.63) is 54.2 Å². The van der Waals surface area contributed by atoms with Gasteiger partial charge >= 0.3 is 29.6 Å². The van der Waals surface area contributed by atoms with E-state index >= 15 is 0 Å². The maximum atomic E-state index is 12.7. The molecule has 26 heavy (non-hydrogen) atoms. The summed E-state index contributed by atoms with van der Waals surface area (Å²) in [4.78, 5) is 35.7. The van der Waals surface area contributed by atoms with Gasteiger partial charge in [0.15, 0.2) is 0 Å². The number of amides is 1. The Labute approximate surface area is 172 Å². The number of carboxylic acid groups (broad SMARTS) is 1. The topological polar surface area (TPSA) is 139 Å². The van der Waals surface area contributed by atoms with Crippen molar-refractivity contribution in [2.45, 2.75) is 24.5 Å². The normalized spacial score (nSPS) is 19.1. The van der Waals surface area contributed by atoms with Crippen LogP contribution >= 0.6 is 0 Å². The first-order valence-corrected chi connectivity index (χ1v) is 7.75. The zero-order valence-corrected chi connectivity index (χ0v) is 16.2. The van der Waals surface area contributed by atoms with Crippen molar-refractivity contribution >= 4 is 23.6 Å². The number of nitrogens with one attached hydrogen (secondary N) is 2. The maximum absolute atomic E-state index is 12.7. The van der Waals surface area contributed by atoms with Crippen LogP contribution < -0.4 is 51.0 Å². The second-order valence-corrected chi connectivity index (χ2v) is 5.83. The molecule has 0 bridgehead atoms. The number of carbonyl (C=O) groups excluding carboxylic acids is 3. The minimum atomic E-state index is -1.35. The van der Waals surface area contributed by atoms with Gasteiger partial charge in [-0.1, -0.05) is 30.3 Å². The molecule has 1 saturated heterocycles. The Morgan fingerprint density at radius 3 is 2.38 bits per heavy atom. The summed E-state index contributed by atoms with van der Waals surface area (Å²) >= 11 is 0. The molecule has 8 nitrogen and oxygen atoms in total. The van der Waals surface area contributed by atoms with Gasteiger partial charge in [0.25, 0.3) is 5.91 Å². The Hall–Kier alpha value is -2.13. The predicted molar refractivity (Wildman–Crippen MR) is 87.3 cm³/mol. The molecular formula is C17H17N4NaO4. The molecule has 3 atom stereocenters. The minimum absolute atomic E-state index is 0. The summed E-state index contributed by atoms with van der Waals surface area (Å²) in [7, 11) is 0. The van der Waals surface area contributed by atoms with Crippen LogP contribution in [0, 0.1) is 0 Å². The Morgan fingerprint density at radius 1 is 1.15 bits per heavy atom. The molecule has 1 aliphatic heterocycles. The number of anilines is 1. The Kier molecular flexibility index (Phi) is 6.60. The van der Waals surface area contributed by atoms with Gasteiger partial charge in [0.2, 0.25) is 5.91 Å². The van der Waals surface area contributed by atoms with E-state index in [4.69, 9.17) is 5.73 Å². The van der Waals surface area contributed by atoms with E-state index in [1.54, 1.807) is 12.1 Å². The van der Waals surface area contributed by atoms with Crippen molar-refractivity contribution in [3.63, 3.8) is 0 Å². The summed E-state index contributed by atoms with van der Waals surface area (Å²) in [6.07, 6.45) is 1.77. The molecule has 130 valence electrons. The third kappa shape index (κ3) is 4.53. The second kappa shape index (κ2) is 8.50. The van der Waals surface area contributed by atoms with Gasteiger partial charge < -0.3 is 21.0 Å². The molecule has 0 spiro atoms. The molecule has 9 heteroatoms. The summed E-state index contributed by atoms with van der Waals surface area (Å²) in [6.45, 7) is 0. The molecule has 0 unspecified atom stereocenters. The first-order chi connectivity index (χ1) is 12.0. The van der Waals surface area contributed by atoms with Crippen molar-refractivity contribution in [2.24, 2.45) is 0 Å². The summed E-state index contributed by atoms with van der Waals surface area (Å²) in [5.74, 6) is -2.05. The molecule has 0 radical (unpaired) electrons. The van der Waals surface area contributed by atoms with E-state index in [9.17, 15) is 19.5 Å². The minimum Gasteiger partial charge on any atom is -0.548 e. The zero-order chi connectivity index (χ0) is 18.0. The molecule has 3 rings (SSSR count).